The van der Waals surface area contributed by atoms with Gasteiger partial charge in [-0.1, -0.05) is 6.07 Å². The van der Waals surface area contributed by atoms with Crippen molar-refractivity contribution >= 4 is 11.4 Å². The zero-order chi connectivity index (χ0) is 9.84. The van der Waals surface area contributed by atoms with E-state index in [-0.39, 0.29) is 5.69 Å². The number of hydrogen-bond acceptors (Lipinski definition) is 5. The maximum atomic E-state index is 10.4. The molecule has 0 bridgehead atoms. The molecule has 6 heteroatoms. The summed E-state index contributed by atoms with van der Waals surface area (Å²) in [6.07, 6.45) is 0. The standard InChI is InChI=1S/C7H9N3O3/c1-5-2-3-6(10(12)13)4-7(5)8-9-11/h2-4,8-9,11H,1H3. The lowest BCUT2D eigenvalue weighted by Gasteiger charge is -2.05. The molecule has 0 aliphatic carbocycles. The Labute approximate surface area is 74.3 Å². The Balaban J connectivity index is 3.03. The molecule has 3 N–H and O–H groups in total. The van der Waals surface area contributed by atoms with E-state index in [1.807, 2.05) is 0 Å². The van der Waals surface area contributed by atoms with E-state index >= 15 is 0 Å². The van der Waals surface area contributed by atoms with Crippen molar-refractivity contribution in [3.05, 3.63) is 33.9 Å². The molecule has 1 rings (SSSR count). The molecule has 0 saturated heterocycles. The van der Waals surface area contributed by atoms with E-state index in [0.29, 0.717) is 5.69 Å². The van der Waals surface area contributed by atoms with Crippen LogP contribution in [-0.2, 0) is 0 Å². The molecular weight excluding hydrogens is 174 g/mol. The van der Waals surface area contributed by atoms with Crippen molar-refractivity contribution in [2.75, 3.05) is 5.43 Å². The molecular formula is C7H9N3O3. The van der Waals surface area contributed by atoms with E-state index in [1.165, 1.54) is 12.1 Å². The van der Waals surface area contributed by atoms with Gasteiger partial charge in [0.1, 0.15) is 0 Å². The molecule has 0 atom stereocenters. The molecule has 0 amide bonds. The summed E-state index contributed by atoms with van der Waals surface area (Å²) < 4.78 is 0. The summed E-state index contributed by atoms with van der Waals surface area (Å²) in [4.78, 5) is 9.87. The molecule has 13 heavy (non-hydrogen) atoms. The lowest BCUT2D eigenvalue weighted by atomic mass is 10.2. The first-order valence-electron chi connectivity index (χ1n) is 3.55. The monoisotopic (exact) mass is 183 g/mol. The van der Waals surface area contributed by atoms with Gasteiger partial charge in [-0.25, -0.2) is 0 Å². The second kappa shape index (κ2) is 3.83. The summed E-state index contributed by atoms with van der Waals surface area (Å²) in [6.45, 7) is 1.77. The highest BCUT2D eigenvalue weighted by molar-refractivity contribution is 5.55. The van der Waals surface area contributed by atoms with Gasteiger partial charge in [0.2, 0.25) is 0 Å². The SMILES string of the molecule is Cc1ccc([N+](=O)[O-])cc1NNO. The number of anilines is 1. The van der Waals surface area contributed by atoms with Gasteiger partial charge in [0.05, 0.1) is 10.6 Å². The van der Waals surface area contributed by atoms with Crippen LogP contribution in [0.5, 0.6) is 0 Å². The van der Waals surface area contributed by atoms with E-state index in [1.54, 1.807) is 18.6 Å². The van der Waals surface area contributed by atoms with E-state index in [4.69, 9.17) is 5.21 Å². The number of nitro benzene ring substituents is 1. The summed E-state index contributed by atoms with van der Waals surface area (Å²) >= 11 is 0. The molecule has 0 radical (unpaired) electrons. The van der Waals surface area contributed by atoms with Crippen molar-refractivity contribution in [1.29, 1.82) is 0 Å². The zero-order valence-corrected chi connectivity index (χ0v) is 6.94. The topological polar surface area (TPSA) is 87.4 Å². The van der Waals surface area contributed by atoms with Gasteiger partial charge in [0.25, 0.3) is 5.69 Å². The van der Waals surface area contributed by atoms with Crippen molar-refractivity contribution < 1.29 is 10.1 Å². The largest absolute Gasteiger partial charge is 0.299 e. The molecule has 0 aliphatic rings. The molecule has 1 aromatic carbocycles. The van der Waals surface area contributed by atoms with Crippen LogP contribution in [0.15, 0.2) is 18.2 Å². The third-order valence-electron chi connectivity index (χ3n) is 1.62. The van der Waals surface area contributed by atoms with Crippen LogP contribution in [0.2, 0.25) is 0 Å². The first kappa shape index (κ1) is 9.43. The summed E-state index contributed by atoms with van der Waals surface area (Å²) in [5.41, 5.74) is 5.33. The number of aryl methyl sites for hydroxylation is 1. The number of nitrogens with one attached hydrogen (secondary N) is 2. The molecule has 1 aromatic rings. The van der Waals surface area contributed by atoms with Crippen molar-refractivity contribution in [1.82, 2.24) is 5.59 Å². The van der Waals surface area contributed by atoms with Gasteiger partial charge in [0.15, 0.2) is 0 Å². The second-order valence-corrected chi connectivity index (χ2v) is 2.49. The predicted molar refractivity (Wildman–Crippen MR) is 46.4 cm³/mol. The predicted octanol–water partition coefficient (Wildman–Crippen LogP) is 1.21. The molecule has 0 heterocycles. The fourth-order valence-corrected chi connectivity index (χ4v) is 0.918. The fourth-order valence-electron chi connectivity index (χ4n) is 0.918. The number of rotatable bonds is 3. The van der Waals surface area contributed by atoms with Gasteiger partial charge in [-0.2, -0.15) is 0 Å². The lowest BCUT2D eigenvalue weighted by molar-refractivity contribution is -0.384. The van der Waals surface area contributed by atoms with Crippen LogP contribution in [0.1, 0.15) is 5.56 Å². The van der Waals surface area contributed by atoms with Crippen LogP contribution in [0.3, 0.4) is 0 Å². The molecule has 0 unspecified atom stereocenters. The normalized spacial score (nSPS) is 9.69. The highest BCUT2D eigenvalue weighted by atomic mass is 16.6. The third kappa shape index (κ3) is 2.14. The molecule has 0 aliphatic heterocycles. The minimum absolute atomic E-state index is 0.0247. The highest BCUT2D eigenvalue weighted by Crippen LogP contribution is 2.20. The quantitative estimate of drug-likeness (QED) is 0.484. The Morgan fingerprint density at radius 2 is 2.23 bits per heavy atom. The Bertz CT molecular complexity index is 327. The van der Waals surface area contributed by atoms with Crippen LogP contribution >= 0.6 is 0 Å². The number of non-ortho nitro benzene ring substituents is 1. The van der Waals surface area contributed by atoms with Gasteiger partial charge in [-0.3, -0.25) is 20.7 Å². The Morgan fingerprint density at radius 1 is 1.54 bits per heavy atom. The van der Waals surface area contributed by atoms with Crippen molar-refractivity contribution in [2.45, 2.75) is 6.92 Å². The lowest BCUT2D eigenvalue weighted by Crippen LogP contribution is -2.16. The van der Waals surface area contributed by atoms with Gasteiger partial charge >= 0.3 is 0 Å². The smallest absolute Gasteiger partial charge is 0.271 e. The molecule has 70 valence electrons. The molecule has 0 aromatic heterocycles. The molecule has 6 nitrogen and oxygen atoms in total. The minimum Gasteiger partial charge on any atom is -0.299 e. The molecule has 0 spiro atoms. The zero-order valence-electron chi connectivity index (χ0n) is 6.94. The number of nitro groups is 1. The third-order valence-corrected chi connectivity index (χ3v) is 1.62. The van der Waals surface area contributed by atoms with E-state index in [0.717, 1.165) is 5.56 Å². The maximum absolute atomic E-state index is 10.4. The van der Waals surface area contributed by atoms with Crippen LogP contribution in [0.4, 0.5) is 11.4 Å². The van der Waals surface area contributed by atoms with Gasteiger partial charge in [0, 0.05) is 12.1 Å². The van der Waals surface area contributed by atoms with Crippen LogP contribution in [0.25, 0.3) is 0 Å². The minimum atomic E-state index is -0.498. The van der Waals surface area contributed by atoms with Gasteiger partial charge < -0.3 is 0 Å². The summed E-state index contributed by atoms with van der Waals surface area (Å²) in [5, 5.41) is 18.7. The van der Waals surface area contributed by atoms with Crippen molar-refractivity contribution in [2.24, 2.45) is 0 Å². The van der Waals surface area contributed by atoms with Crippen LogP contribution in [0, 0.1) is 17.0 Å². The molecule has 0 saturated carbocycles. The summed E-state index contributed by atoms with van der Waals surface area (Å²) in [6, 6.07) is 4.33. The fraction of sp³-hybridized carbons (Fsp3) is 0.143. The number of nitrogens with zero attached hydrogens (tertiary/aromatic N) is 1. The second-order valence-electron chi connectivity index (χ2n) is 2.49. The molecule has 0 fully saturated rings. The average molecular weight is 183 g/mol. The number of hydrogen-bond donors (Lipinski definition) is 3. The number of hydrazine groups is 1. The van der Waals surface area contributed by atoms with E-state index in [2.05, 4.69) is 5.43 Å². The first-order chi connectivity index (χ1) is 6.15. The Kier molecular flexibility index (Phi) is 2.78. The summed E-state index contributed by atoms with van der Waals surface area (Å²) in [7, 11) is 0. The summed E-state index contributed by atoms with van der Waals surface area (Å²) in [5.74, 6) is 0. The highest BCUT2D eigenvalue weighted by Gasteiger charge is 2.07. The van der Waals surface area contributed by atoms with Gasteiger partial charge in [-0.05, 0) is 12.5 Å². The van der Waals surface area contributed by atoms with Crippen LogP contribution in [-0.4, -0.2) is 10.1 Å². The van der Waals surface area contributed by atoms with Gasteiger partial charge in [-0.15, -0.1) is 5.59 Å². The number of benzene rings is 1. The maximum Gasteiger partial charge on any atom is 0.271 e. The first-order valence-corrected chi connectivity index (χ1v) is 3.55. The van der Waals surface area contributed by atoms with E-state index in [9.17, 15) is 10.1 Å². The Morgan fingerprint density at radius 3 is 2.77 bits per heavy atom. The van der Waals surface area contributed by atoms with Crippen molar-refractivity contribution in [3.63, 3.8) is 0 Å². The Hall–Kier alpha value is -1.66. The van der Waals surface area contributed by atoms with Crippen LogP contribution < -0.4 is 11.0 Å². The van der Waals surface area contributed by atoms with E-state index < -0.39 is 4.92 Å². The van der Waals surface area contributed by atoms with Crippen molar-refractivity contribution in [3.8, 4) is 0 Å². The average Bonchev–Trinajstić information content (AvgIpc) is 2.08.